The van der Waals surface area contributed by atoms with Gasteiger partial charge in [-0.2, -0.15) is 5.26 Å². The van der Waals surface area contributed by atoms with E-state index in [1.807, 2.05) is 18.2 Å². The summed E-state index contributed by atoms with van der Waals surface area (Å²) < 4.78 is 6.15. The number of likely N-dealkylation sites (N-methyl/N-ethyl adjacent to an activating group) is 1. The molecule has 5 nitrogen and oxygen atoms in total. The van der Waals surface area contributed by atoms with Crippen LogP contribution < -0.4 is 5.32 Å². The molecule has 32 heavy (non-hydrogen) atoms. The van der Waals surface area contributed by atoms with Gasteiger partial charge < -0.3 is 19.9 Å². The van der Waals surface area contributed by atoms with Crippen LogP contribution >= 0.6 is 12.2 Å². The lowest BCUT2D eigenvalue weighted by Crippen LogP contribution is -2.42. The molecule has 6 heteroatoms. The Morgan fingerprint density at radius 1 is 1.12 bits per heavy atom. The van der Waals surface area contributed by atoms with E-state index in [0.29, 0.717) is 17.7 Å². The van der Waals surface area contributed by atoms with Gasteiger partial charge in [-0.1, -0.05) is 25.3 Å². The first-order valence-corrected chi connectivity index (χ1v) is 12.4. The van der Waals surface area contributed by atoms with Crippen LogP contribution in [0.15, 0.2) is 36.9 Å². The molecule has 0 unspecified atom stereocenters. The molecule has 176 valence electrons. The lowest BCUT2D eigenvalue weighted by atomic mass is 9.92. The van der Waals surface area contributed by atoms with Crippen LogP contribution in [0.1, 0.15) is 63.4 Å². The topological polar surface area (TPSA) is 51.5 Å². The minimum Gasteiger partial charge on any atom is -0.378 e. The van der Waals surface area contributed by atoms with Crippen LogP contribution in [0, 0.1) is 11.3 Å². The van der Waals surface area contributed by atoms with Crippen molar-refractivity contribution in [3.63, 3.8) is 0 Å². The van der Waals surface area contributed by atoms with Crippen LogP contribution in [0.5, 0.6) is 0 Å². The Bertz CT molecular complexity index is 722. The second kappa shape index (κ2) is 15.0. The Morgan fingerprint density at radius 2 is 1.78 bits per heavy atom. The van der Waals surface area contributed by atoms with Crippen molar-refractivity contribution in [3.05, 3.63) is 42.5 Å². The Balaban J connectivity index is 1.54. The zero-order chi connectivity index (χ0) is 23.2. The Hall–Kier alpha value is -1.94. The molecule has 0 aliphatic heterocycles. The number of rotatable bonds is 13. The number of hydrogen-bond donors (Lipinski definition) is 1. The average Bonchev–Trinajstić information content (AvgIpc) is 2.81. The van der Waals surface area contributed by atoms with Crippen LogP contribution in [-0.2, 0) is 4.74 Å². The third-order valence-corrected chi connectivity index (χ3v) is 6.65. The molecular weight excluding hydrogens is 416 g/mol. The number of anilines is 1. The predicted octanol–water partition coefficient (Wildman–Crippen LogP) is 5.58. The van der Waals surface area contributed by atoms with E-state index in [0.717, 1.165) is 56.2 Å². The van der Waals surface area contributed by atoms with E-state index in [4.69, 9.17) is 22.2 Å². The van der Waals surface area contributed by atoms with Gasteiger partial charge in [0.15, 0.2) is 5.11 Å². The largest absolute Gasteiger partial charge is 0.378 e. The number of thiocarbonyl (C=S) groups is 1. The first-order chi connectivity index (χ1) is 15.5. The van der Waals surface area contributed by atoms with Gasteiger partial charge in [-0.25, -0.2) is 0 Å². The van der Waals surface area contributed by atoms with Crippen molar-refractivity contribution in [1.29, 1.82) is 5.26 Å². The number of nitriles is 1. The van der Waals surface area contributed by atoms with Crippen LogP contribution in [0.2, 0.25) is 0 Å². The maximum atomic E-state index is 8.92. The monoisotopic (exact) mass is 456 g/mol. The van der Waals surface area contributed by atoms with E-state index >= 15 is 0 Å². The molecule has 0 saturated heterocycles. The lowest BCUT2D eigenvalue weighted by molar-refractivity contribution is 0.0149. The third-order valence-electron chi connectivity index (χ3n) is 6.26. The number of nitrogens with one attached hydrogen (secondary N) is 1. The Kier molecular flexibility index (Phi) is 12.3. The summed E-state index contributed by atoms with van der Waals surface area (Å²) >= 11 is 5.60. The average molecular weight is 457 g/mol. The minimum atomic E-state index is 0.396. The number of nitrogens with zero attached hydrogens (tertiary/aromatic N) is 3. The number of unbranched alkanes of at least 4 members (excludes halogenated alkanes) is 4. The van der Waals surface area contributed by atoms with Gasteiger partial charge in [0, 0.05) is 31.9 Å². The highest BCUT2D eigenvalue weighted by Gasteiger charge is 2.25. The van der Waals surface area contributed by atoms with Crippen molar-refractivity contribution in [3.8, 4) is 6.07 Å². The van der Waals surface area contributed by atoms with Gasteiger partial charge >= 0.3 is 0 Å². The number of benzene rings is 1. The van der Waals surface area contributed by atoms with Gasteiger partial charge in [-0.05, 0) is 88.6 Å². The maximum absolute atomic E-state index is 8.92. The van der Waals surface area contributed by atoms with Crippen molar-refractivity contribution in [2.75, 3.05) is 39.1 Å². The molecule has 1 saturated carbocycles. The third kappa shape index (κ3) is 9.68. The minimum absolute atomic E-state index is 0.396. The van der Waals surface area contributed by atoms with Gasteiger partial charge in [0.2, 0.25) is 0 Å². The molecule has 1 aromatic carbocycles. The van der Waals surface area contributed by atoms with E-state index in [1.54, 1.807) is 12.1 Å². The highest BCUT2D eigenvalue weighted by atomic mass is 32.1. The van der Waals surface area contributed by atoms with Gasteiger partial charge in [0.25, 0.3) is 0 Å². The van der Waals surface area contributed by atoms with Crippen molar-refractivity contribution in [2.24, 2.45) is 0 Å². The molecule has 0 spiro atoms. The summed E-state index contributed by atoms with van der Waals surface area (Å²) in [5.74, 6) is 0. The molecule has 0 aromatic heterocycles. The zero-order valence-electron chi connectivity index (χ0n) is 19.9. The quantitative estimate of drug-likeness (QED) is 0.237. The van der Waals surface area contributed by atoms with E-state index < -0.39 is 0 Å². The van der Waals surface area contributed by atoms with E-state index in [2.05, 4.69) is 41.9 Å². The SMILES string of the molecule is C=CCN(C)CCCCCCCO[C@H]1CC[C@H](N(C)C(=S)Nc2ccc(C#N)cc2)CC1. The lowest BCUT2D eigenvalue weighted by Gasteiger charge is -2.36. The fourth-order valence-electron chi connectivity index (χ4n) is 4.18. The summed E-state index contributed by atoms with van der Waals surface area (Å²) in [4.78, 5) is 4.50. The molecule has 1 aliphatic rings. The first-order valence-electron chi connectivity index (χ1n) is 12.0. The Morgan fingerprint density at radius 3 is 2.44 bits per heavy atom. The summed E-state index contributed by atoms with van der Waals surface area (Å²) in [6, 6.07) is 9.98. The summed E-state index contributed by atoms with van der Waals surface area (Å²) in [6.07, 6.45) is 13.1. The molecule has 2 rings (SSSR count). The summed E-state index contributed by atoms with van der Waals surface area (Å²) in [7, 11) is 4.22. The van der Waals surface area contributed by atoms with Crippen LogP contribution in [-0.4, -0.2) is 60.8 Å². The smallest absolute Gasteiger partial charge is 0.173 e. The maximum Gasteiger partial charge on any atom is 0.173 e. The Labute approximate surface area is 200 Å². The first kappa shape index (κ1) is 26.3. The van der Waals surface area contributed by atoms with Crippen LogP contribution in [0.25, 0.3) is 0 Å². The van der Waals surface area contributed by atoms with E-state index in [1.165, 1.54) is 32.1 Å². The predicted molar refractivity (Wildman–Crippen MR) is 138 cm³/mol. The van der Waals surface area contributed by atoms with Crippen molar-refractivity contribution < 1.29 is 4.74 Å². The number of hydrogen-bond acceptors (Lipinski definition) is 4. The molecule has 1 aromatic rings. The van der Waals surface area contributed by atoms with Gasteiger partial charge in [-0.15, -0.1) is 6.58 Å². The van der Waals surface area contributed by atoms with Crippen LogP contribution in [0.4, 0.5) is 5.69 Å². The second-order valence-electron chi connectivity index (χ2n) is 8.85. The summed E-state index contributed by atoms with van der Waals surface area (Å²) in [6.45, 7) is 6.81. The van der Waals surface area contributed by atoms with Crippen molar-refractivity contribution in [1.82, 2.24) is 9.80 Å². The fraction of sp³-hybridized carbons (Fsp3) is 0.615. The molecule has 1 aliphatic carbocycles. The molecular formula is C26H40N4OS. The number of ether oxygens (including phenoxy) is 1. The van der Waals surface area contributed by atoms with Crippen molar-refractivity contribution >= 4 is 23.0 Å². The van der Waals surface area contributed by atoms with Gasteiger partial charge in [0.1, 0.15) is 0 Å². The standard InChI is InChI=1S/C26H40N4OS/c1-4-18-29(2)19-8-6-5-7-9-20-31-25-16-14-24(15-17-25)30(3)26(32)28-23-12-10-22(21-27)11-13-23/h4,10-13,24-25H,1,5-9,14-20H2,2-3H3,(H,28,32)/t24-,25-. The molecule has 0 heterocycles. The molecule has 0 amide bonds. The van der Waals surface area contributed by atoms with Gasteiger partial charge in [0.05, 0.1) is 17.7 Å². The highest BCUT2D eigenvalue weighted by molar-refractivity contribution is 7.80. The molecule has 0 bridgehead atoms. The summed E-state index contributed by atoms with van der Waals surface area (Å²) in [5, 5.41) is 12.9. The fourth-order valence-corrected chi connectivity index (χ4v) is 4.45. The van der Waals surface area contributed by atoms with Crippen molar-refractivity contribution in [2.45, 2.75) is 69.9 Å². The zero-order valence-corrected chi connectivity index (χ0v) is 20.7. The van der Waals surface area contributed by atoms with Gasteiger partial charge in [-0.3, -0.25) is 0 Å². The second-order valence-corrected chi connectivity index (χ2v) is 9.24. The normalized spacial score (nSPS) is 18.2. The van der Waals surface area contributed by atoms with E-state index in [9.17, 15) is 0 Å². The highest BCUT2D eigenvalue weighted by Crippen LogP contribution is 2.25. The molecule has 0 atom stereocenters. The molecule has 0 radical (unpaired) electrons. The van der Waals surface area contributed by atoms with Crippen LogP contribution in [0.3, 0.4) is 0 Å². The van der Waals surface area contributed by atoms with E-state index in [-0.39, 0.29) is 0 Å². The molecule has 1 N–H and O–H groups in total. The summed E-state index contributed by atoms with van der Waals surface area (Å²) in [5.41, 5.74) is 1.57. The molecule has 1 fully saturated rings.